The van der Waals surface area contributed by atoms with Crippen LogP contribution in [-0.4, -0.2) is 78.9 Å². The molecule has 0 amide bonds. The standard InChI is InChI=1S/C20H29N3O7/c24-9-17-15(25)7-16(30-17)12-4-5-14-19(21-8-12)13(22-10-23-14)3-1-2-11(20(28)29)6-18(26)27/h8,10-12,15-18,24-27H,1-7,9H2,(H,28,29)/t11-,12-,15-,16?,17+/m0/s1. The van der Waals surface area contributed by atoms with Gasteiger partial charge in [0.05, 0.1) is 36.1 Å². The zero-order valence-corrected chi connectivity index (χ0v) is 16.7. The number of hydrogen-bond donors (Lipinski definition) is 5. The van der Waals surface area contributed by atoms with Crippen LogP contribution in [0.5, 0.6) is 0 Å². The molecule has 10 nitrogen and oxygen atoms in total. The summed E-state index contributed by atoms with van der Waals surface area (Å²) < 4.78 is 5.77. The second-order valence-corrected chi connectivity index (χ2v) is 7.94. The average molecular weight is 423 g/mol. The maximum atomic E-state index is 11.3. The van der Waals surface area contributed by atoms with E-state index in [2.05, 4.69) is 15.0 Å². The second-order valence-electron chi connectivity index (χ2n) is 7.94. The van der Waals surface area contributed by atoms with Gasteiger partial charge in [-0.15, -0.1) is 0 Å². The van der Waals surface area contributed by atoms with Gasteiger partial charge >= 0.3 is 5.97 Å². The molecule has 2 aliphatic rings. The molecule has 5 N–H and O–H groups in total. The van der Waals surface area contributed by atoms with Gasteiger partial charge in [-0.25, -0.2) is 9.97 Å². The highest BCUT2D eigenvalue weighted by Crippen LogP contribution is 2.33. The Morgan fingerprint density at radius 3 is 2.77 bits per heavy atom. The zero-order chi connectivity index (χ0) is 21.7. The minimum atomic E-state index is -1.65. The van der Waals surface area contributed by atoms with Crippen molar-refractivity contribution < 1.29 is 35.1 Å². The Labute approximate surface area is 174 Å². The molecule has 0 aromatic carbocycles. The maximum Gasteiger partial charge on any atom is 0.306 e. The fraction of sp³-hybridized carbons (Fsp3) is 0.700. The minimum Gasteiger partial charge on any atom is -0.481 e. The number of ether oxygens (including phenoxy) is 1. The third kappa shape index (κ3) is 5.58. The summed E-state index contributed by atoms with van der Waals surface area (Å²) in [6.07, 6.45) is 3.15. The van der Waals surface area contributed by atoms with Crippen molar-refractivity contribution in [3.8, 4) is 0 Å². The summed E-state index contributed by atoms with van der Waals surface area (Å²) in [5, 5.41) is 46.6. The number of carbonyl (C=O) groups is 1. The average Bonchev–Trinajstić information content (AvgIpc) is 2.94. The van der Waals surface area contributed by atoms with Crippen molar-refractivity contribution in [3.05, 3.63) is 17.7 Å². The van der Waals surface area contributed by atoms with Crippen LogP contribution in [-0.2, 0) is 22.4 Å². The van der Waals surface area contributed by atoms with Crippen molar-refractivity contribution in [1.29, 1.82) is 0 Å². The van der Waals surface area contributed by atoms with Crippen LogP contribution in [0.2, 0.25) is 0 Å². The molecule has 0 radical (unpaired) electrons. The predicted molar refractivity (Wildman–Crippen MR) is 105 cm³/mol. The number of aliphatic imine (C=N–C) groups is 1. The number of aliphatic hydroxyl groups is 4. The van der Waals surface area contributed by atoms with Crippen LogP contribution in [0.4, 0.5) is 5.69 Å². The fourth-order valence-corrected chi connectivity index (χ4v) is 4.12. The van der Waals surface area contributed by atoms with Crippen molar-refractivity contribution in [2.45, 2.75) is 69.5 Å². The molecule has 1 unspecified atom stereocenters. The highest BCUT2D eigenvalue weighted by atomic mass is 16.5. The molecule has 1 aromatic heterocycles. The van der Waals surface area contributed by atoms with Gasteiger partial charge in [-0.3, -0.25) is 9.79 Å². The van der Waals surface area contributed by atoms with Crippen LogP contribution < -0.4 is 0 Å². The Morgan fingerprint density at radius 2 is 2.10 bits per heavy atom. The van der Waals surface area contributed by atoms with E-state index >= 15 is 0 Å². The maximum absolute atomic E-state index is 11.3. The third-order valence-corrected chi connectivity index (χ3v) is 5.80. The van der Waals surface area contributed by atoms with Crippen LogP contribution >= 0.6 is 0 Å². The first-order chi connectivity index (χ1) is 14.4. The lowest BCUT2D eigenvalue weighted by Crippen LogP contribution is -2.25. The smallest absolute Gasteiger partial charge is 0.306 e. The molecule has 3 rings (SSSR count). The molecule has 10 heteroatoms. The molecular formula is C20H29N3O7. The van der Waals surface area contributed by atoms with Crippen molar-refractivity contribution in [1.82, 2.24) is 9.97 Å². The van der Waals surface area contributed by atoms with Gasteiger partial charge in [0, 0.05) is 25.0 Å². The van der Waals surface area contributed by atoms with Crippen LogP contribution in [0.25, 0.3) is 0 Å². The second kappa shape index (κ2) is 10.4. The van der Waals surface area contributed by atoms with Crippen LogP contribution in [0, 0.1) is 11.8 Å². The number of nitrogens with zero attached hydrogens (tertiary/aromatic N) is 3. The fourth-order valence-electron chi connectivity index (χ4n) is 4.12. The van der Waals surface area contributed by atoms with Gasteiger partial charge in [0.25, 0.3) is 0 Å². The Bertz CT molecular complexity index is 758. The molecule has 30 heavy (non-hydrogen) atoms. The van der Waals surface area contributed by atoms with E-state index < -0.39 is 30.4 Å². The minimum absolute atomic E-state index is 0.0133. The van der Waals surface area contributed by atoms with Crippen molar-refractivity contribution >= 4 is 17.9 Å². The number of fused-ring (bicyclic) bond motifs is 1. The van der Waals surface area contributed by atoms with Gasteiger partial charge in [-0.1, -0.05) is 0 Å². The molecule has 1 aromatic rings. The molecule has 0 saturated carbocycles. The van der Waals surface area contributed by atoms with E-state index in [1.807, 2.05) is 0 Å². The lowest BCUT2D eigenvalue weighted by Gasteiger charge is -2.18. The number of aromatic nitrogens is 2. The Kier molecular flexibility index (Phi) is 7.84. The largest absolute Gasteiger partial charge is 0.481 e. The van der Waals surface area contributed by atoms with Gasteiger partial charge in [-0.2, -0.15) is 0 Å². The first kappa shape index (κ1) is 22.7. The summed E-state index contributed by atoms with van der Waals surface area (Å²) in [6.45, 7) is -0.220. The lowest BCUT2D eigenvalue weighted by atomic mass is 9.94. The number of carboxylic acids is 1. The van der Waals surface area contributed by atoms with Crippen LogP contribution in [0.3, 0.4) is 0 Å². The zero-order valence-electron chi connectivity index (χ0n) is 16.7. The summed E-state index contributed by atoms with van der Waals surface area (Å²) in [4.78, 5) is 24.5. The van der Waals surface area contributed by atoms with E-state index in [4.69, 9.17) is 14.9 Å². The number of hydrogen-bond acceptors (Lipinski definition) is 9. The summed E-state index contributed by atoms with van der Waals surface area (Å²) in [5.41, 5.74) is 2.23. The van der Waals surface area contributed by atoms with E-state index in [-0.39, 0.29) is 25.0 Å². The molecule has 1 fully saturated rings. The van der Waals surface area contributed by atoms with Crippen molar-refractivity contribution in [2.24, 2.45) is 16.8 Å². The molecule has 0 spiro atoms. The topological polar surface area (TPSA) is 166 Å². The SMILES string of the molecule is O=C(O)[C@@H](CCCc1ncnc2c1N=C[C@@H](C1C[C@H](O)[C@@H](CO)O1)CC2)CC(O)O. The normalized spacial score (nSPS) is 27.1. The molecule has 5 atom stereocenters. The highest BCUT2D eigenvalue weighted by Gasteiger charge is 2.37. The summed E-state index contributed by atoms with van der Waals surface area (Å²) >= 11 is 0. The molecule has 3 heterocycles. The summed E-state index contributed by atoms with van der Waals surface area (Å²) in [5.74, 6) is -1.89. The van der Waals surface area contributed by atoms with E-state index in [0.717, 1.165) is 17.8 Å². The predicted octanol–water partition coefficient (Wildman–Crippen LogP) is -0.0237. The molecule has 0 aliphatic carbocycles. The Balaban J connectivity index is 1.64. The molecular weight excluding hydrogens is 394 g/mol. The van der Waals surface area contributed by atoms with E-state index in [0.29, 0.717) is 37.8 Å². The van der Waals surface area contributed by atoms with Gasteiger partial charge in [0.15, 0.2) is 6.29 Å². The first-order valence-electron chi connectivity index (χ1n) is 10.3. The van der Waals surface area contributed by atoms with E-state index in [9.17, 15) is 20.1 Å². The highest BCUT2D eigenvalue weighted by molar-refractivity contribution is 5.70. The molecule has 0 bridgehead atoms. The van der Waals surface area contributed by atoms with Crippen LogP contribution in [0.15, 0.2) is 11.3 Å². The lowest BCUT2D eigenvalue weighted by molar-refractivity contribution is -0.146. The quantitative estimate of drug-likeness (QED) is 0.343. The van der Waals surface area contributed by atoms with Crippen molar-refractivity contribution in [3.63, 3.8) is 0 Å². The number of carboxylic acid groups (broad SMARTS) is 1. The summed E-state index contributed by atoms with van der Waals surface area (Å²) in [6, 6.07) is 0. The molecule has 1 saturated heterocycles. The van der Waals surface area contributed by atoms with E-state index in [1.54, 1.807) is 6.21 Å². The molecule has 2 aliphatic heterocycles. The first-order valence-corrected chi connectivity index (χ1v) is 10.3. The number of aliphatic carboxylic acids is 1. The van der Waals surface area contributed by atoms with Crippen LogP contribution in [0.1, 0.15) is 43.5 Å². The number of aryl methyl sites for hydroxylation is 2. The van der Waals surface area contributed by atoms with Gasteiger partial charge in [0.2, 0.25) is 0 Å². The van der Waals surface area contributed by atoms with Gasteiger partial charge in [0.1, 0.15) is 18.1 Å². The van der Waals surface area contributed by atoms with Crippen molar-refractivity contribution in [2.75, 3.05) is 6.61 Å². The number of aliphatic hydroxyl groups excluding tert-OH is 3. The van der Waals surface area contributed by atoms with Gasteiger partial charge < -0.3 is 30.3 Å². The Hall–Kier alpha value is -1.98. The monoisotopic (exact) mass is 423 g/mol. The van der Waals surface area contributed by atoms with E-state index in [1.165, 1.54) is 6.33 Å². The number of rotatable bonds is 9. The molecule has 166 valence electrons. The van der Waals surface area contributed by atoms with Gasteiger partial charge in [-0.05, 0) is 32.1 Å². The summed E-state index contributed by atoms with van der Waals surface area (Å²) in [7, 11) is 0. The Morgan fingerprint density at radius 1 is 1.30 bits per heavy atom. The third-order valence-electron chi connectivity index (χ3n) is 5.80.